The van der Waals surface area contributed by atoms with Gasteiger partial charge in [0.15, 0.2) is 0 Å². The molecule has 0 saturated carbocycles. The molecule has 0 bridgehead atoms. The van der Waals surface area contributed by atoms with Crippen molar-refractivity contribution >= 4 is 40.5 Å². The summed E-state index contributed by atoms with van der Waals surface area (Å²) in [4.78, 5) is 0. The van der Waals surface area contributed by atoms with Gasteiger partial charge in [-0.1, -0.05) is 0 Å². The Bertz CT molecular complexity index is 2010. The molecule has 0 N–H and O–H groups in total. The topological polar surface area (TPSA) is 0 Å². The van der Waals surface area contributed by atoms with E-state index < -0.39 is 82.5 Å². The molecule has 50 heavy (non-hydrogen) atoms. The molecule has 0 amide bonds. The first-order valence-electron chi connectivity index (χ1n) is 14.5. The Morgan fingerprint density at radius 1 is 0.540 bits per heavy atom. The minimum absolute atomic E-state index is 0.0254. The number of hydrogen-bond donors (Lipinski definition) is 0. The molecular formula is C35H20Cl2F12Hf. The van der Waals surface area contributed by atoms with E-state index in [-0.39, 0.29) is 23.3 Å². The van der Waals surface area contributed by atoms with Gasteiger partial charge in [0.05, 0.1) is 0 Å². The number of halogens is 14. The second kappa shape index (κ2) is 12.0. The second-order valence-electron chi connectivity index (χ2n) is 12.1. The molecule has 0 saturated heterocycles. The van der Waals surface area contributed by atoms with Crippen molar-refractivity contribution in [3.8, 4) is 0 Å². The maximum absolute atomic E-state index is 14.0. The zero-order chi connectivity index (χ0) is 36.8. The molecule has 6 rings (SSSR count). The third kappa shape index (κ3) is 6.25. The summed E-state index contributed by atoms with van der Waals surface area (Å²) in [7, 11) is 15.1. The summed E-state index contributed by atoms with van der Waals surface area (Å²) >= 11 is -5.81. The summed E-state index contributed by atoms with van der Waals surface area (Å²) in [6, 6.07) is 14.6. The molecule has 0 nitrogen and oxygen atoms in total. The fourth-order valence-corrected chi connectivity index (χ4v) is 24.8. The van der Waals surface area contributed by atoms with Gasteiger partial charge in [-0.05, 0) is 0 Å². The van der Waals surface area contributed by atoms with Gasteiger partial charge < -0.3 is 0 Å². The monoisotopic (exact) mass is 918 g/mol. The van der Waals surface area contributed by atoms with Crippen LogP contribution in [0.2, 0.25) is 0 Å². The summed E-state index contributed by atoms with van der Waals surface area (Å²) in [6.45, 7) is 1.46. The molecule has 2 atom stereocenters. The average Bonchev–Trinajstić information content (AvgIpc) is 3.56. The molecule has 262 valence electrons. The molecule has 0 aliphatic heterocycles. The van der Waals surface area contributed by atoms with E-state index in [4.69, 9.17) is 17.2 Å². The summed E-state index contributed by atoms with van der Waals surface area (Å²) < 4.78 is 165. The quantitative estimate of drug-likeness (QED) is 0.141. The van der Waals surface area contributed by atoms with Crippen LogP contribution in [0.15, 0.2) is 84.9 Å². The van der Waals surface area contributed by atoms with Crippen LogP contribution in [-0.2, 0) is 45.5 Å². The van der Waals surface area contributed by atoms with Crippen molar-refractivity contribution in [1.82, 2.24) is 0 Å². The first-order valence-corrected chi connectivity index (χ1v) is 27.3. The Morgan fingerprint density at radius 3 is 1.44 bits per heavy atom. The molecule has 15 heteroatoms. The van der Waals surface area contributed by atoms with Crippen molar-refractivity contribution < 1.29 is 70.3 Å². The van der Waals surface area contributed by atoms with E-state index in [1.54, 1.807) is 48.5 Å². The van der Waals surface area contributed by atoms with Gasteiger partial charge in [-0.2, -0.15) is 0 Å². The third-order valence-electron chi connectivity index (χ3n) is 9.12. The van der Waals surface area contributed by atoms with Crippen molar-refractivity contribution in [3.63, 3.8) is 0 Å². The summed E-state index contributed by atoms with van der Waals surface area (Å²) in [5.41, 5.74) is -6.08. The third-order valence-corrected chi connectivity index (χ3v) is 30.4. The van der Waals surface area contributed by atoms with Gasteiger partial charge in [0.2, 0.25) is 0 Å². The molecule has 0 aromatic heterocycles. The molecule has 0 spiro atoms. The number of fused-ring (bicyclic) bond motifs is 2. The van der Waals surface area contributed by atoms with Crippen LogP contribution in [0, 0.1) is 0 Å². The van der Waals surface area contributed by atoms with Crippen LogP contribution in [0.3, 0.4) is 0 Å². The molecule has 0 fully saturated rings. The van der Waals surface area contributed by atoms with Gasteiger partial charge in [0, 0.05) is 0 Å². The zero-order valence-corrected chi connectivity index (χ0v) is 30.2. The first kappa shape index (κ1) is 36.8. The van der Waals surface area contributed by atoms with Gasteiger partial charge >= 0.3 is 290 Å². The van der Waals surface area contributed by atoms with Crippen LogP contribution in [0.1, 0.15) is 66.2 Å². The molecule has 2 aliphatic carbocycles. The van der Waals surface area contributed by atoms with Gasteiger partial charge in [0.25, 0.3) is 0 Å². The van der Waals surface area contributed by atoms with Gasteiger partial charge in [-0.25, -0.2) is 0 Å². The molecular weight excluding hydrogens is 898 g/mol. The molecule has 4 aromatic rings. The van der Waals surface area contributed by atoms with Crippen LogP contribution < -0.4 is 0 Å². The summed E-state index contributed by atoms with van der Waals surface area (Å²) in [5, 5.41) is 0. The van der Waals surface area contributed by atoms with Crippen LogP contribution >= 0.6 is 17.2 Å². The Balaban J connectivity index is 1.62. The first-order chi connectivity index (χ1) is 22.9. The van der Waals surface area contributed by atoms with Crippen LogP contribution in [0.5, 0.6) is 0 Å². The molecule has 0 heterocycles. The standard InChI is InChI=1S/C18H11F6.C17H9F6.2ClH.Hf/c1-10-15-5-3-2-4-11(15)8-16(10)12-6-13(17(19,20)21)9-14(7-12)18(22,23)24;18-16(19,20)14-7-13(8-15(9-14)17(21,22)23)12-5-10-3-1-2-4-11(10)6-12;;;/h2-9H,1H3;1-9H;2*1H;/q;;;;+2/p-2. The number of alkyl halides is 12. The zero-order valence-electron chi connectivity index (χ0n) is 25.1. The molecule has 2 unspecified atom stereocenters. The van der Waals surface area contributed by atoms with Crippen molar-refractivity contribution in [2.45, 2.75) is 38.5 Å². The van der Waals surface area contributed by atoms with Crippen LogP contribution in [0.4, 0.5) is 52.7 Å². The van der Waals surface area contributed by atoms with E-state index in [2.05, 4.69) is 0 Å². The van der Waals surface area contributed by atoms with Crippen molar-refractivity contribution in [1.29, 1.82) is 0 Å². The van der Waals surface area contributed by atoms with E-state index >= 15 is 0 Å². The number of hydrogen-bond acceptors (Lipinski definition) is 0. The van der Waals surface area contributed by atoms with Gasteiger partial charge in [-0.3, -0.25) is 0 Å². The minimum atomic E-state index is -5.81. The van der Waals surface area contributed by atoms with E-state index in [0.717, 1.165) is 0 Å². The van der Waals surface area contributed by atoms with E-state index in [9.17, 15) is 52.7 Å². The number of allylic oxidation sites excluding steroid dienone is 2. The van der Waals surface area contributed by atoms with Crippen molar-refractivity contribution in [2.75, 3.05) is 0 Å². The predicted octanol–water partition coefficient (Wildman–Crippen LogP) is 13.3. The average molecular weight is 918 g/mol. The molecule has 0 radical (unpaired) electrons. The van der Waals surface area contributed by atoms with Gasteiger partial charge in [0.1, 0.15) is 0 Å². The Morgan fingerprint density at radius 2 is 0.960 bits per heavy atom. The van der Waals surface area contributed by atoms with E-state index in [1.165, 1.54) is 19.1 Å². The fraction of sp³-hybridized carbons (Fsp3) is 0.200. The summed E-state index contributed by atoms with van der Waals surface area (Å²) in [6.07, 6.45) is -18.0. The summed E-state index contributed by atoms with van der Waals surface area (Å²) in [5.74, 6) is 0. The SMILES string of the molecule is C[C]1([Hf]([Cl])([Cl])[CH]2C(c3cc(C(F)(F)F)cc(C(F)(F)F)c3)=Cc3ccccc32)C(c2cc(C(F)(F)F)cc(C(F)(F)F)c2)=Cc2ccccc21. The van der Waals surface area contributed by atoms with Crippen LogP contribution in [0.25, 0.3) is 23.3 Å². The molecule has 4 aromatic carbocycles. The van der Waals surface area contributed by atoms with E-state index in [0.29, 0.717) is 46.5 Å². The van der Waals surface area contributed by atoms with Gasteiger partial charge in [-0.15, -0.1) is 0 Å². The Hall–Kier alpha value is -3.03. The maximum atomic E-state index is 14.0. The van der Waals surface area contributed by atoms with E-state index in [1.807, 2.05) is 0 Å². The van der Waals surface area contributed by atoms with Crippen molar-refractivity contribution in [2.24, 2.45) is 0 Å². The van der Waals surface area contributed by atoms with Crippen molar-refractivity contribution in [3.05, 3.63) is 141 Å². The molecule has 2 aliphatic rings. The normalized spacial score (nSPS) is 19.6. The Kier molecular flexibility index (Phi) is 8.83. The number of rotatable bonds is 4. The predicted molar refractivity (Wildman–Crippen MR) is 163 cm³/mol. The van der Waals surface area contributed by atoms with Crippen LogP contribution in [-0.4, -0.2) is 0 Å². The Labute approximate surface area is 288 Å². The number of benzene rings is 4. The fourth-order valence-electron chi connectivity index (χ4n) is 6.74. The second-order valence-corrected chi connectivity index (χ2v) is 33.6.